The highest BCUT2D eigenvalue weighted by molar-refractivity contribution is 7.21. The van der Waals surface area contributed by atoms with E-state index in [4.69, 9.17) is 4.74 Å². The summed E-state index contributed by atoms with van der Waals surface area (Å²) < 4.78 is 6.12. The summed E-state index contributed by atoms with van der Waals surface area (Å²) in [5.41, 5.74) is 2.17. The van der Waals surface area contributed by atoms with Gasteiger partial charge in [-0.3, -0.25) is 14.6 Å². The third kappa shape index (κ3) is 4.06. The van der Waals surface area contributed by atoms with Gasteiger partial charge in [-0.2, -0.15) is 0 Å². The Morgan fingerprint density at radius 2 is 2.10 bits per heavy atom. The summed E-state index contributed by atoms with van der Waals surface area (Å²) >= 11 is 1.51. The molecule has 1 N–H and O–H groups in total. The zero-order valence-electron chi connectivity index (χ0n) is 17.1. The third-order valence-electron chi connectivity index (χ3n) is 5.32. The summed E-state index contributed by atoms with van der Waals surface area (Å²) in [5, 5.41) is 4.03. The summed E-state index contributed by atoms with van der Waals surface area (Å²) in [6.07, 6.45) is 3.94. The van der Waals surface area contributed by atoms with E-state index >= 15 is 0 Å². The fraction of sp³-hybridized carbons (Fsp3) is 0.364. The molecule has 7 nitrogen and oxygen atoms in total. The van der Waals surface area contributed by atoms with Gasteiger partial charge in [-0.15, -0.1) is 11.3 Å². The predicted octanol–water partition coefficient (Wildman–Crippen LogP) is 3.01. The first-order valence-electron chi connectivity index (χ1n) is 9.95. The van der Waals surface area contributed by atoms with E-state index in [1.54, 1.807) is 13.3 Å². The minimum absolute atomic E-state index is 0.0857. The second-order valence-corrected chi connectivity index (χ2v) is 8.42. The fourth-order valence-corrected chi connectivity index (χ4v) is 5.04. The van der Waals surface area contributed by atoms with E-state index in [-0.39, 0.29) is 17.7 Å². The highest BCUT2D eigenvalue weighted by Crippen LogP contribution is 2.40. The molecule has 3 heterocycles. The molecular weight excluding hydrogens is 400 g/mol. The molecule has 1 aliphatic heterocycles. The summed E-state index contributed by atoms with van der Waals surface area (Å²) in [7, 11) is 1.61. The van der Waals surface area contributed by atoms with Gasteiger partial charge in [0.2, 0.25) is 0 Å². The quantitative estimate of drug-likeness (QED) is 0.615. The lowest BCUT2D eigenvalue weighted by atomic mass is 9.95. The maximum absolute atomic E-state index is 12.9. The van der Waals surface area contributed by atoms with Crippen LogP contribution in [0.5, 0.6) is 0 Å². The number of likely N-dealkylation sites (tertiary alicyclic amines) is 1. The van der Waals surface area contributed by atoms with Gasteiger partial charge in [-0.25, -0.2) is 4.98 Å². The summed E-state index contributed by atoms with van der Waals surface area (Å²) in [6, 6.07) is 8.07. The zero-order valence-corrected chi connectivity index (χ0v) is 17.9. The normalized spacial score (nSPS) is 16.2. The molecule has 8 heteroatoms. The number of nitrogens with zero attached hydrogens (tertiary/aromatic N) is 3. The molecule has 1 aliphatic rings. The van der Waals surface area contributed by atoms with Gasteiger partial charge in [-0.05, 0) is 30.4 Å². The Balaban J connectivity index is 1.59. The van der Waals surface area contributed by atoms with E-state index in [2.05, 4.69) is 21.4 Å². The van der Waals surface area contributed by atoms with Gasteiger partial charge in [0, 0.05) is 43.6 Å². The molecule has 0 bridgehead atoms. The van der Waals surface area contributed by atoms with E-state index in [9.17, 15) is 9.59 Å². The number of methoxy groups -OCH3 is 1. The van der Waals surface area contributed by atoms with Crippen LogP contribution in [0.1, 0.15) is 43.8 Å². The van der Waals surface area contributed by atoms with E-state index in [1.165, 1.54) is 17.5 Å². The van der Waals surface area contributed by atoms with Gasteiger partial charge in [-0.1, -0.05) is 18.2 Å². The number of amides is 2. The molecule has 0 spiro atoms. The number of rotatable bonds is 6. The van der Waals surface area contributed by atoms with Crippen molar-refractivity contribution in [3.05, 3.63) is 58.5 Å². The smallest absolute Gasteiger partial charge is 0.274 e. The number of benzene rings is 1. The largest absolute Gasteiger partial charge is 0.383 e. The molecule has 4 rings (SSSR count). The lowest BCUT2D eigenvalue weighted by molar-refractivity contribution is 0.0784. The second-order valence-electron chi connectivity index (χ2n) is 7.37. The Morgan fingerprint density at radius 1 is 1.27 bits per heavy atom. The monoisotopic (exact) mass is 424 g/mol. The first kappa shape index (κ1) is 20.4. The van der Waals surface area contributed by atoms with Crippen LogP contribution in [0.2, 0.25) is 0 Å². The van der Waals surface area contributed by atoms with Crippen LogP contribution >= 0.6 is 11.3 Å². The van der Waals surface area contributed by atoms with Crippen molar-refractivity contribution in [3.8, 4) is 0 Å². The fourth-order valence-electron chi connectivity index (χ4n) is 3.83. The molecule has 1 atom stereocenters. The van der Waals surface area contributed by atoms with Gasteiger partial charge in [0.15, 0.2) is 0 Å². The van der Waals surface area contributed by atoms with Crippen LogP contribution in [-0.2, 0) is 4.74 Å². The third-order valence-corrected chi connectivity index (χ3v) is 6.50. The number of carbonyl (C=O) groups excluding carboxylic acids is 2. The maximum atomic E-state index is 12.9. The standard InChI is InChI=1S/C22H24N4O3S/c1-14-11-25-17(12-24-14)22(28)26-9-7-15(13-26)19-16-5-3-4-6-18(16)30-20(19)21(27)23-8-10-29-2/h3-6,11-12,15H,7-10,13H2,1-2H3,(H,23,27)/t15-/m1/s1. The highest BCUT2D eigenvalue weighted by Gasteiger charge is 2.33. The SMILES string of the molecule is COCCNC(=O)c1sc2ccccc2c1[C@@H]1CCN(C(=O)c2cnc(C)cn2)C1. The van der Waals surface area contributed by atoms with Crippen LogP contribution in [0.25, 0.3) is 10.1 Å². The van der Waals surface area contributed by atoms with Crippen molar-refractivity contribution >= 4 is 33.2 Å². The van der Waals surface area contributed by atoms with Crippen molar-refractivity contribution in [2.45, 2.75) is 19.3 Å². The minimum atomic E-state index is -0.115. The van der Waals surface area contributed by atoms with Gasteiger partial charge in [0.1, 0.15) is 5.69 Å². The molecule has 30 heavy (non-hydrogen) atoms. The van der Waals surface area contributed by atoms with Gasteiger partial charge < -0.3 is 15.0 Å². The molecule has 0 saturated carbocycles. The Kier molecular flexibility index (Phi) is 6.06. The van der Waals surface area contributed by atoms with Crippen LogP contribution in [0.15, 0.2) is 36.7 Å². The number of fused-ring (bicyclic) bond motifs is 1. The number of nitrogens with one attached hydrogen (secondary N) is 1. The van der Waals surface area contributed by atoms with Crippen molar-refractivity contribution < 1.29 is 14.3 Å². The molecule has 156 valence electrons. The predicted molar refractivity (Wildman–Crippen MR) is 116 cm³/mol. The number of aromatic nitrogens is 2. The molecule has 3 aromatic rings. The Hall–Kier alpha value is -2.84. The van der Waals surface area contributed by atoms with Crippen LogP contribution in [0.4, 0.5) is 0 Å². The number of carbonyl (C=O) groups is 2. The Bertz CT molecular complexity index is 1060. The highest BCUT2D eigenvalue weighted by atomic mass is 32.1. The molecule has 1 aromatic carbocycles. The average Bonchev–Trinajstić information content (AvgIpc) is 3.38. The molecule has 2 amide bonds. The number of hydrogen-bond acceptors (Lipinski definition) is 6. The lowest BCUT2D eigenvalue weighted by Crippen LogP contribution is -2.30. The number of aryl methyl sites for hydroxylation is 1. The minimum Gasteiger partial charge on any atom is -0.383 e. The van der Waals surface area contributed by atoms with Crippen LogP contribution in [-0.4, -0.2) is 60.0 Å². The molecule has 1 fully saturated rings. The van der Waals surface area contributed by atoms with Crippen LogP contribution in [0.3, 0.4) is 0 Å². The Morgan fingerprint density at radius 3 is 2.87 bits per heavy atom. The Labute approximate surface area is 179 Å². The molecule has 0 radical (unpaired) electrons. The number of ether oxygens (including phenoxy) is 1. The average molecular weight is 425 g/mol. The summed E-state index contributed by atoms with van der Waals surface area (Å²) in [6.45, 7) is 3.97. The first-order valence-corrected chi connectivity index (χ1v) is 10.8. The van der Waals surface area contributed by atoms with Crippen molar-refractivity contribution in [2.24, 2.45) is 0 Å². The van der Waals surface area contributed by atoms with E-state index in [0.29, 0.717) is 31.9 Å². The topological polar surface area (TPSA) is 84.4 Å². The maximum Gasteiger partial charge on any atom is 0.274 e. The molecular formula is C22H24N4O3S. The van der Waals surface area contributed by atoms with Crippen LogP contribution < -0.4 is 5.32 Å². The van der Waals surface area contributed by atoms with Gasteiger partial charge in [0.05, 0.1) is 23.4 Å². The van der Waals surface area contributed by atoms with E-state index in [0.717, 1.165) is 32.6 Å². The lowest BCUT2D eigenvalue weighted by Gasteiger charge is -2.17. The summed E-state index contributed by atoms with van der Waals surface area (Å²) in [5.74, 6) is -0.0975. The number of hydrogen-bond donors (Lipinski definition) is 1. The van der Waals surface area contributed by atoms with Crippen molar-refractivity contribution in [2.75, 3.05) is 33.4 Å². The summed E-state index contributed by atoms with van der Waals surface area (Å²) in [4.78, 5) is 36.7. The molecule has 2 aromatic heterocycles. The van der Waals surface area contributed by atoms with Crippen molar-refractivity contribution in [3.63, 3.8) is 0 Å². The molecule has 1 saturated heterocycles. The number of thiophene rings is 1. The first-order chi connectivity index (χ1) is 14.6. The van der Waals surface area contributed by atoms with E-state index < -0.39 is 0 Å². The second kappa shape index (κ2) is 8.89. The van der Waals surface area contributed by atoms with Gasteiger partial charge >= 0.3 is 0 Å². The molecule has 0 aliphatic carbocycles. The zero-order chi connectivity index (χ0) is 21.1. The van der Waals surface area contributed by atoms with E-state index in [1.807, 2.05) is 30.0 Å². The van der Waals surface area contributed by atoms with Crippen LogP contribution in [0, 0.1) is 6.92 Å². The van der Waals surface area contributed by atoms with Crippen molar-refractivity contribution in [1.82, 2.24) is 20.2 Å². The van der Waals surface area contributed by atoms with Crippen molar-refractivity contribution in [1.29, 1.82) is 0 Å². The molecule has 0 unspecified atom stereocenters. The van der Waals surface area contributed by atoms with Gasteiger partial charge in [0.25, 0.3) is 11.8 Å².